The van der Waals surface area contributed by atoms with Crippen LogP contribution in [0.2, 0.25) is 0 Å². The molecule has 0 amide bonds. The predicted molar refractivity (Wildman–Crippen MR) is 132 cm³/mol. The van der Waals surface area contributed by atoms with E-state index < -0.39 is 0 Å². The summed E-state index contributed by atoms with van der Waals surface area (Å²) in [6.07, 6.45) is 6.79. The number of ketones is 1. The van der Waals surface area contributed by atoms with Crippen LogP contribution < -0.4 is 0 Å². The van der Waals surface area contributed by atoms with Crippen LogP contribution in [-0.2, 0) is 14.3 Å². The van der Waals surface area contributed by atoms with Crippen LogP contribution in [0.4, 0.5) is 0 Å². The van der Waals surface area contributed by atoms with Crippen LogP contribution in [0.5, 0.6) is 0 Å². The molecule has 2 saturated heterocycles. The average molecular weight is 471 g/mol. The molecule has 0 aromatic rings. The Morgan fingerprint density at radius 2 is 1.71 bits per heavy atom. The van der Waals surface area contributed by atoms with Gasteiger partial charge in [0, 0.05) is 11.8 Å². The first kappa shape index (κ1) is 23.7. The standard InChI is InChI=1S/C30H46O4/c1-16-13-19(25-27(4,5)34-25)33-20-15-30(8)17(23(16)20)14-18(31)24-28(6)11-10-22(32)26(2,3)21(28)9-12-29(24,30)7/h16,18-21,24-25,31H,9-15H2,1-8H3/t16-,18+,19+,20?,21+,24+,25-,28+,29+,30+/m1/s1. The smallest absolute Gasteiger partial charge is 0.138 e. The number of fused-ring (bicyclic) bond motifs is 6. The Hall–Kier alpha value is -0.710. The molecule has 10 atom stereocenters. The molecular weight excluding hydrogens is 424 g/mol. The van der Waals surface area contributed by atoms with E-state index in [9.17, 15) is 9.90 Å². The highest BCUT2D eigenvalue weighted by Gasteiger charge is 2.70. The average Bonchev–Trinajstić information content (AvgIpc) is 3.25. The third-order valence-corrected chi connectivity index (χ3v) is 12.5. The van der Waals surface area contributed by atoms with Gasteiger partial charge < -0.3 is 14.6 Å². The Balaban J connectivity index is 1.38. The minimum atomic E-state index is -0.341. The quantitative estimate of drug-likeness (QED) is 0.385. The van der Waals surface area contributed by atoms with Crippen molar-refractivity contribution in [3.05, 3.63) is 11.1 Å². The topological polar surface area (TPSA) is 59.1 Å². The number of carbonyl (C=O) groups is 1. The second-order valence-electron chi connectivity index (χ2n) is 14.8. The van der Waals surface area contributed by atoms with Gasteiger partial charge in [-0.2, -0.15) is 0 Å². The normalized spacial score (nSPS) is 55.2. The van der Waals surface area contributed by atoms with Gasteiger partial charge in [0.2, 0.25) is 0 Å². The van der Waals surface area contributed by atoms with Gasteiger partial charge in [-0.15, -0.1) is 0 Å². The van der Waals surface area contributed by atoms with Gasteiger partial charge in [-0.1, -0.05) is 47.1 Å². The number of aliphatic hydroxyl groups is 1. The van der Waals surface area contributed by atoms with E-state index in [1.807, 2.05) is 0 Å². The summed E-state index contributed by atoms with van der Waals surface area (Å²) >= 11 is 0. The van der Waals surface area contributed by atoms with Gasteiger partial charge in [0.1, 0.15) is 11.9 Å². The van der Waals surface area contributed by atoms with Gasteiger partial charge in [0.05, 0.1) is 23.9 Å². The van der Waals surface area contributed by atoms with Crippen LogP contribution in [0.15, 0.2) is 11.1 Å². The van der Waals surface area contributed by atoms with E-state index in [2.05, 4.69) is 55.4 Å². The number of ether oxygens (including phenoxy) is 2. The van der Waals surface area contributed by atoms with Crippen molar-refractivity contribution in [2.75, 3.05) is 0 Å². The maximum Gasteiger partial charge on any atom is 0.138 e. The maximum absolute atomic E-state index is 12.9. The van der Waals surface area contributed by atoms with E-state index in [0.717, 1.165) is 38.5 Å². The van der Waals surface area contributed by atoms with Crippen LogP contribution in [0, 0.1) is 39.4 Å². The molecule has 4 aliphatic carbocycles. The van der Waals surface area contributed by atoms with Gasteiger partial charge in [-0.25, -0.2) is 0 Å². The van der Waals surface area contributed by atoms with Crippen molar-refractivity contribution in [1.29, 1.82) is 0 Å². The lowest BCUT2D eigenvalue weighted by molar-refractivity contribution is -0.210. The number of Topliss-reactive ketones (excluding diaryl/α,β-unsaturated/α-hetero) is 1. The minimum Gasteiger partial charge on any atom is -0.392 e. The third kappa shape index (κ3) is 2.74. The molecule has 3 saturated carbocycles. The Labute approximate surface area is 206 Å². The van der Waals surface area contributed by atoms with E-state index in [-0.39, 0.29) is 57.6 Å². The number of hydrogen-bond acceptors (Lipinski definition) is 4. The van der Waals surface area contributed by atoms with E-state index in [4.69, 9.17) is 9.47 Å². The van der Waals surface area contributed by atoms with Crippen molar-refractivity contribution in [1.82, 2.24) is 0 Å². The summed E-state index contributed by atoms with van der Waals surface area (Å²) in [6, 6.07) is 0. The molecule has 190 valence electrons. The van der Waals surface area contributed by atoms with E-state index >= 15 is 0 Å². The lowest BCUT2D eigenvalue weighted by atomic mass is 9.36. The molecule has 34 heavy (non-hydrogen) atoms. The third-order valence-electron chi connectivity index (χ3n) is 12.5. The van der Waals surface area contributed by atoms with Gasteiger partial charge in [-0.05, 0) is 91.9 Å². The Bertz CT molecular complexity index is 963. The van der Waals surface area contributed by atoms with Crippen LogP contribution in [-0.4, -0.2) is 40.9 Å². The maximum atomic E-state index is 12.9. The fourth-order valence-electron chi connectivity index (χ4n) is 10.6. The zero-order valence-electron chi connectivity index (χ0n) is 22.7. The highest BCUT2D eigenvalue weighted by atomic mass is 16.6. The van der Waals surface area contributed by atoms with Crippen molar-refractivity contribution in [3.8, 4) is 0 Å². The van der Waals surface area contributed by atoms with Crippen molar-refractivity contribution in [2.45, 2.75) is 130 Å². The molecule has 1 N–H and O–H groups in total. The molecule has 4 heteroatoms. The molecule has 0 bridgehead atoms. The highest BCUT2D eigenvalue weighted by molar-refractivity contribution is 5.85. The minimum absolute atomic E-state index is 0.00230. The molecule has 5 fully saturated rings. The van der Waals surface area contributed by atoms with Crippen LogP contribution >= 0.6 is 0 Å². The van der Waals surface area contributed by atoms with Gasteiger partial charge in [0.25, 0.3) is 0 Å². The summed E-state index contributed by atoms with van der Waals surface area (Å²) in [5.74, 6) is 1.47. The van der Waals surface area contributed by atoms with Crippen LogP contribution in [0.3, 0.4) is 0 Å². The van der Waals surface area contributed by atoms with Gasteiger partial charge in [-0.3, -0.25) is 4.79 Å². The first-order chi connectivity index (χ1) is 15.7. The zero-order chi connectivity index (χ0) is 24.6. The Morgan fingerprint density at radius 3 is 2.35 bits per heavy atom. The van der Waals surface area contributed by atoms with Crippen LogP contribution in [0.25, 0.3) is 0 Å². The molecule has 6 aliphatic rings. The lowest BCUT2D eigenvalue weighted by Crippen LogP contribution is -2.65. The number of epoxide rings is 1. The summed E-state index contributed by atoms with van der Waals surface area (Å²) in [5, 5.41) is 11.9. The monoisotopic (exact) mass is 470 g/mol. The summed E-state index contributed by atoms with van der Waals surface area (Å²) in [4.78, 5) is 12.9. The number of carbonyl (C=O) groups excluding carboxylic acids is 1. The number of rotatable bonds is 1. The molecule has 4 nitrogen and oxygen atoms in total. The van der Waals surface area contributed by atoms with E-state index in [1.54, 1.807) is 0 Å². The first-order valence-corrected chi connectivity index (χ1v) is 13.9. The molecule has 0 spiro atoms. The molecular formula is C30H46O4. The molecule has 1 unspecified atom stereocenters. The SMILES string of the molecule is C[C@@H]1C[C@@H]([C@H]2OC2(C)C)OC2C[C@@]3(C)C(=C21)C[C@H](O)[C@H]1[C@@]2(C)CCC(=O)C(C)(C)[C@@H]2CC[C@@]13C. The lowest BCUT2D eigenvalue weighted by Gasteiger charge is -2.68. The second-order valence-corrected chi connectivity index (χ2v) is 14.8. The fourth-order valence-corrected chi connectivity index (χ4v) is 10.6. The second kappa shape index (κ2) is 6.78. The van der Waals surface area contributed by atoms with Crippen molar-refractivity contribution < 1.29 is 19.4 Å². The Morgan fingerprint density at radius 1 is 1.03 bits per heavy atom. The summed E-state index contributed by atoms with van der Waals surface area (Å²) in [6.45, 7) is 18.5. The van der Waals surface area contributed by atoms with Gasteiger partial charge in [0.15, 0.2) is 0 Å². The fraction of sp³-hybridized carbons (Fsp3) is 0.900. The summed E-state index contributed by atoms with van der Waals surface area (Å²) in [7, 11) is 0. The molecule has 0 aromatic carbocycles. The molecule has 6 rings (SSSR count). The molecule has 2 heterocycles. The Kier molecular flexibility index (Phi) is 4.72. The predicted octanol–water partition coefficient (Wildman–Crippen LogP) is 5.86. The van der Waals surface area contributed by atoms with Gasteiger partial charge >= 0.3 is 0 Å². The molecule has 2 aliphatic heterocycles. The van der Waals surface area contributed by atoms with E-state index in [0.29, 0.717) is 24.0 Å². The van der Waals surface area contributed by atoms with Crippen molar-refractivity contribution >= 4 is 5.78 Å². The largest absolute Gasteiger partial charge is 0.392 e. The number of hydrogen-bond donors (Lipinski definition) is 1. The molecule has 0 radical (unpaired) electrons. The van der Waals surface area contributed by atoms with E-state index in [1.165, 1.54) is 11.1 Å². The first-order valence-electron chi connectivity index (χ1n) is 13.9. The summed E-state index contributed by atoms with van der Waals surface area (Å²) < 4.78 is 12.8. The number of aliphatic hydroxyl groups excluding tert-OH is 1. The van der Waals surface area contributed by atoms with Crippen molar-refractivity contribution in [2.24, 2.45) is 39.4 Å². The van der Waals surface area contributed by atoms with Crippen LogP contribution in [0.1, 0.15) is 100 Å². The highest BCUT2D eigenvalue weighted by Crippen LogP contribution is 2.74. The molecule has 0 aromatic heterocycles. The summed E-state index contributed by atoms with van der Waals surface area (Å²) in [5.41, 5.74) is 2.72. The zero-order valence-corrected chi connectivity index (χ0v) is 22.7. The van der Waals surface area contributed by atoms with Crippen molar-refractivity contribution in [3.63, 3.8) is 0 Å².